The quantitative estimate of drug-likeness (QED) is 0.675. The van der Waals surface area contributed by atoms with Gasteiger partial charge in [-0.05, 0) is 62.7 Å². The van der Waals surface area contributed by atoms with Crippen molar-refractivity contribution in [2.75, 3.05) is 18.4 Å². The van der Waals surface area contributed by atoms with Crippen LogP contribution in [0, 0.1) is 0 Å². The van der Waals surface area contributed by atoms with Gasteiger partial charge in [-0.1, -0.05) is 19.8 Å². The number of benzene rings is 1. The standard InChI is InChI=1S/C22H28N4O2/c1-2-11-26-19-10-9-17(23-22(27)20-8-7-14-28-20)15-18(19)24-21(26)16-25-12-5-3-4-6-13-25/h7-10,14-15H,2-6,11-13,16H2,1H3,(H,23,27). The molecule has 0 bridgehead atoms. The molecule has 1 saturated heterocycles. The summed E-state index contributed by atoms with van der Waals surface area (Å²) in [5, 5.41) is 2.89. The number of hydrogen-bond acceptors (Lipinski definition) is 4. The van der Waals surface area contributed by atoms with Crippen molar-refractivity contribution in [3.63, 3.8) is 0 Å². The Morgan fingerprint density at radius 1 is 1.18 bits per heavy atom. The zero-order chi connectivity index (χ0) is 19.3. The lowest BCUT2D eigenvalue weighted by Gasteiger charge is -2.20. The lowest BCUT2D eigenvalue weighted by atomic mass is 10.2. The van der Waals surface area contributed by atoms with E-state index in [1.165, 1.54) is 31.9 Å². The molecule has 28 heavy (non-hydrogen) atoms. The number of aryl methyl sites for hydroxylation is 1. The van der Waals surface area contributed by atoms with Gasteiger partial charge in [-0.15, -0.1) is 0 Å². The van der Waals surface area contributed by atoms with Gasteiger partial charge in [-0.25, -0.2) is 4.98 Å². The largest absolute Gasteiger partial charge is 0.459 e. The molecule has 1 aromatic carbocycles. The van der Waals surface area contributed by atoms with Crippen LogP contribution in [0.15, 0.2) is 41.0 Å². The van der Waals surface area contributed by atoms with Gasteiger partial charge in [-0.2, -0.15) is 0 Å². The molecule has 148 valence electrons. The second kappa shape index (κ2) is 8.61. The SMILES string of the molecule is CCCn1c(CN2CCCCCC2)nc2cc(NC(=O)c3ccco3)ccc21. The fraction of sp³-hybridized carbons (Fsp3) is 0.455. The summed E-state index contributed by atoms with van der Waals surface area (Å²) in [6.07, 6.45) is 7.78. The number of anilines is 1. The van der Waals surface area contributed by atoms with Gasteiger partial charge in [0.1, 0.15) is 5.82 Å². The summed E-state index contributed by atoms with van der Waals surface area (Å²) in [6.45, 7) is 6.35. The molecule has 3 heterocycles. The van der Waals surface area contributed by atoms with Gasteiger partial charge >= 0.3 is 0 Å². The molecule has 6 nitrogen and oxygen atoms in total. The molecule has 0 radical (unpaired) electrons. The summed E-state index contributed by atoms with van der Waals surface area (Å²) in [5.74, 6) is 1.17. The van der Waals surface area contributed by atoms with E-state index in [2.05, 4.69) is 27.8 Å². The van der Waals surface area contributed by atoms with E-state index in [1.807, 2.05) is 12.1 Å². The molecule has 0 spiro atoms. The van der Waals surface area contributed by atoms with Gasteiger partial charge < -0.3 is 14.3 Å². The summed E-state index contributed by atoms with van der Waals surface area (Å²) in [4.78, 5) is 19.7. The first-order chi connectivity index (χ1) is 13.7. The van der Waals surface area contributed by atoms with Crippen LogP contribution in [-0.4, -0.2) is 33.4 Å². The highest BCUT2D eigenvalue weighted by Gasteiger charge is 2.16. The van der Waals surface area contributed by atoms with Gasteiger partial charge in [0.2, 0.25) is 0 Å². The van der Waals surface area contributed by atoms with Crippen LogP contribution in [0.2, 0.25) is 0 Å². The third kappa shape index (κ3) is 4.12. The summed E-state index contributed by atoms with van der Waals surface area (Å²) in [7, 11) is 0. The molecule has 1 amide bonds. The molecule has 1 N–H and O–H groups in total. The zero-order valence-corrected chi connectivity index (χ0v) is 16.5. The van der Waals surface area contributed by atoms with Crippen molar-refractivity contribution in [1.82, 2.24) is 14.5 Å². The van der Waals surface area contributed by atoms with Crippen LogP contribution >= 0.6 is 0 Å². The first-order valence-electron chi connectivity index (χ1n) is 10.3. The summed E-state index contributed by atoms with van der Waals surface area (Å²) >= 11 is 0. The predicted octanol–water partition coefficient (Wildman–Crippen LogP) is 4.67. The van der Waals surface area contributed by atoms with Crippen LogP contribution in [0.3, 0.4) is 0 Å². The number of hydrogen-bond donors (Lipinski definition) is 1. The Labute approximate surface area is 165 Å². The van der Waals surface area contributed by atoms with E-state index >= 15 is 0 Å². The molecular weight excluding hydrogens is 352 g/mol. The summed E-state index contributed by atoms with van der Waals surface area (Å²) in [6, 6.07) is 9.31. The number of amides is 1. The van der Waals surface area contributed by atoms with E-state index in [0.717, 1.165) is 55.1 Å². The zero-order valence-electron chi connectivity index (χ0n) is 16.5. The van der Waals surface area contributed by atoms with Crippen molar-refractivity contribution in [1.29, 1.82) is 0 Å². The van der Waals surface area contributed by atoms with Crippen LogP contribution in [0.1, 0.15) is 55.4 Å². The molecule has 1 aliphatic heterocycles. The number of nitrogens with zero attached hydrogens (tertiary/aromatic N) is 3. The van der Waals surface area contributed by atoms with Gasteiger partial charge in [0.05, 0.1) is 23.8 Å². The highest BCUT2D eigenvalue weighted by atomic mass is 16.3. The normalized spacial score (nSPS) is 15.6. The minimum absolute atomic E-state index is 0.248. The molecule has 2 aromatic heterocycles. The molecule has 0 unspecified atom stereocenters. The van der Waals surface area contributed by atoms with E-state index in [0.29, 0.717) is 5.76 Å². The number of rotatable bonds is 6. The number of nitrogens with one attached hydrogen (secondary N) is 1. The van der Waals surface area contributed by atoms with Crippen LogP contribution in [-0.2, 0) is 13.1 Å². The minimum atomic E-state index is -0.248. The van der Waals surface area contributed by atoms with Gasteiger partial charge in [-0.3, -0.25) is 9.69 Å². The average molecular weight is 380 g/mol. The number of carbonyl (C=O) groups excluding carboxylic acids is 1. The van der Waals surface area contributed by atoms with Crippen LogP contribution < -0.4 is 5.32 Å². The molecule has 6 heteroatoms. The van der Waals surface area contributed by atoms with Crippen LogP contribution in [0.4, 0.5) is 5.69 Å². The van der Waals surface area contributed by atoms with Crippen molar-refractivity contribution in [2.24, 2.45) is 0 Å². The Bertz CT molecular complexity index is 922. The third-order valence-corrected chi connectivity index (χ3v) is 5.34. The minimum Gasteiger partial charge on any atom is -0.459 e. The number of aromatic nitrogens is 2. The van der Waals surface area contributed by atoms with Crippen LogP contribution in [0.25, 0.3) is 11.0 Å². The lowest BCUT2D eigenvalue weighted by Crippen LogP contribution is -2.26. The number of carbonyl (C=O) groups is 1. The van der Waals surface area contributed by atoms with Crippen molar-refractivity contribution >= 4 is 22.6 Å². The highest BCUT2D eigenvalue weighted by molar-refractivity contribution is 6.03. The number of imidazole rings is 1. The topological polar surface area (TPSA) is 63.3 Å². The van der Waals surface area contributed by atoms with E-state index in [4.69, 9.17) is 9.40 Å². The van der Waals surface area contributed by atoms with Crippen molar-refractivity contribution < 1.29 is 9.21 Å². The Kier molecular flexibility index (Phi) is 5.76. The molecule has 4 rings (SSSR count). The smallest absolute Gasteiger partial charge is 0.291 e. The third-order valence-electron chi connectivity index (χ3n) is 5.34. The maximum atomic E-state index is 12.2. The van der Waals surface area contributed by atoms with Crippen LogP contribution in [0.5, 0.6) is 0 Å². The van der Waals surface area contributed by atoms with Crippen molar-refractivity contribution in [2.45, 2.75) is 52.1 Å². The summed E-state index contributed by atoms with van der Waals surface area (Å²) < 4.78 is 7.50. The maximum Gasteiger partial charge on any atom is 0.291 e. The molecule has 0 saturated carbocycles. The monoisotopic (exact) mass is 380 g/mol. The Morgan fingerprint density at radius 2 is 2.00 bits per heavy atom. The lowest BCUT2D eigenvalue weighted by molar-refractivity contribution is 0.0996. The fourth-order valence-electron chi connectivity index (χ4n) is 3.95. The first-order valence-corrected chi connectivity index (χ1v) is 10.3. The number of furan rings is 1. The van der Waals surface area contributed by atoms with E-state index in [9.17, 15) is 4.79 Å². The Hall–Kier alpha value is -2.60. The predicted molar refractivity (Wildman–Crippen MR) is 110 cm³/mol. The molecular formula is C22H28N4O2. The molecule has 3 aromatic rings. The second-order valence-electron chi connectivity index (χ2n) is 7.50. The molecule has 0 atom stereocenters. The Morgan fingerprint density at radius 3 is 2.71 bits per heavy atom. The number of likely N-dealkylation sites (tertiary alicyclic amines) is 1. The second-order valence-corrected chi connectivity index (χ2v) is 7.50. The first kappa shape index (κ1) is 18.7. The molecule has 1 aliphatic rings. The maximum absolute atomic E-state index is 12.2. The fourth-order valence-corrected chi connectivity index (χ4v) is 3.95. The van der Waals surface area contributed by atoms with E-state index in [1.54, 1.807) is 12.1 Å². The number of fused-ring (bicyclic) bond motifs is 1. The van der Waals surface area contributed by atoms with Crippen molar-refractivity contribution in [3.05, 3.63) is 48.2 Å². The summed E-state index contributed by atoms with van der Waals surface area (Å²) in [5.41, 5.74) is 2.79. The van der Waals surface area contributed by atoms with Gasteiger partial charge in [0.15, 0.2) is 5.76 Å². The van der Waals surface area contributed by atoms with E-state index < -0.39 is 0 Å². The average Bonchev–Trinajstić information content (AvgIpc) is 3.25. The van der Waals surface area contributed by atoms with Gasteiger partial charge in [0, 0.05) is 12.2 Å². The van der Waals surface area contributed by atoms with E-state index in [-0.39, 0.29) is 5.91 Å². The molecule has 0 aliphatic carbocycles. The molecule has 1 fully saturated rings. The Balaban J connectivity index is 1.58. The van der Waals surface area contributed by atoms with Crippen molar-refractivity contribution in [3.8, 4) is 0 Å². The highest BCUT2D eigenvalue weighted by Crippen LogP contribution is 2.23. The van der Waals surface area contributed by atoms with Gasteiger partial charge in [0.25, 0.3) is 5.91 Å².